The number of rotatable bonds is 5. The Morgan fingerprint density at radius 3 is 2.28 bits per heavy atom. The Bertz CT molecular complexity index is 1130. The van der Waals surface area contributed by atoms with Gasteiger partial charge in [-0.3, -0.25) is 14.6 Å². The fourth-order valence-electron chi connectivity index (χ4n) is 3.85. The number of nitrogens with one attached hydrogen (secondary N) is 2. The number of ether oxygens (including phenoxy) is 1. The molecule has 0 bridgehead atoms. The van der Waals surface area contributed by atoms with Crippen molar-refractivity contribution in [2.45, 2.75) is 18.3 Å². The van der Waals surface area contributed by atoms with E-state index >= 15 is 0 Å². The molecule has 1 fully saturated rings. The summed E-state index contributed by atoms with van der Waals surface area (Å²) in [5.74, 6) is -0.438. The highest BCUT2D eigenvalue weighted by molar-refractivity contribution is 6.35. The van der Waals surface area contributed by atoms with Gasteiger partial charge in [-0.2, -0.15) is 0 Å². The van der Waals surface area contributed by atoms with Gasteiger partial charge in [0.25, 0.3) is 5.91 Å². The van der Waals surface area contributed by atoms with E-state index in [0.29, 0.717) is 53.0 Å². The normalized spacial score (nSPS) is 15.1. The summed E-state index contributed by atoms with van der Waals surface area (Å²) in [4.78, 5) is 29.9. The Morgan fingerprint density at radius 2 is 1.59 bits per heavy atom. The fraction of sp³-hybridized carbons (Fsp3) is 0.208. The molecule has 8 heteroatoms. The first-order valence-corrected chi connectivity index (χ1v) is 10.9. The smallest absolute Gasteiger partial charge is 0.255 e. The van der Waals surface area contributed by atoms with Crippen LogP contribution in [0, 0.1) is 0 Å². The Labute approximate surface area is 195 Å². The molecule has 164 valence electrons. The number of carbonyl (C=O) groups is 2. The molecule has 2 N–H and O–H groups in total. The van der Waals surface area contributed by atoms with E-state index in [0.717, 1.165) is 5.56 Å². The van der Waals surface area contributed by atoms with Crippen molar-refractivity contribution in [3.63, 3.8) is 0 Å². The van der Waals surface area contributed by atoms with Crippen molar-refractivity contribution in [1.29, 1.82) is 0 Å². The van der Waals surface area contributed by atoms with E-state index in [-0.39, 0.29) is 11.8 Å². The van der Waals surface area contributed by atoms with Gasteiger partial charge in [-0.05, 0) is 60.9 Å². The summed E-state index contributed by atoms with van der Waals surface area (Å²) in [6.07, 6.45) is 4.11. The maximum absolute atomic E-state index is 13.5. The zero-order chi connectivity index (χ0) is 22.6. The largest absolute Gasteiger partial charge is 0.381 e. The molecule has 1 aliphatic heterocycles. The zero-order valence-corrected chi connectivity index (χ0v) is 18.6. The van der Waals surface area contributed by atoms with Crippen molar-refractivity contribution in [2.24, 2.45) is 0 Å². The zero-order valence-electron chi connectivity index (χ0n) is 17.1. The molecule has 0 saturated carbocycles. The number of halogens is 2. The van der Waals surface area contributed by atoms with Gasteiger partial charge >= 0.3 is 0 Å². The SMILES string of the molecule is O=C(Nc1cccc(NC(=O)C2(c3ccc(Cl)cc3Cl)CCOCC2)c1)c1ccncc1. The van der Waals surface area contributed by atoms with Gasteiger partial charge in [-0.25, -0.2) is 0 Å². The van der Waals surface area contributed by atoms with E-state index in [1.807, 2.05) is 0 Å². The van der Waals surface area contributed by atoms with E-state index in [1.54, 1.807) is 67.0 Å². The molecule has 4 rings (SSSR count). The summed E-state index contributed by atoms with van der Waals surface area (Å²) in [5, 5.41) is 6.80. The maximum Gasteiger partial charge on any atom is 0.255 e. The van der Waals surface area contributed by atoms with Crippen molar-refractivity contribution >= 4 is 46.4 Å². The van der Waals surface area contributed by atoms with Gasteiger partial charge in [0.2, 0.25) is 5.91 Å². The standard InChI is InChI=1S/C24H21Cl2N3O3/c25-17-4-5-20(21(26)14-17)24(8-12-32-13-9-24)23(31)29-19-3-1-2-18(15-19)28-22(30)16-6-10-27-11-7-16/h1-7,10-11,14-15H,8-9,12-13H2,(H,28,30)(H,29,31). The average Bonchev–Trinajstić information content (AvgIpc) is 2.80. The lowest BCUT2D eigenvalue weighted by Gasteiger charge is -2.36. The number of aromatic nitrogens is 1. The molecule has 32 heavy (non-hydrogen) atoms. The van der Waals surface area contributed by atoms with Crippen LogP contribution in [0.15, 0.2) is 67.0 Å². The molecule has 1 aliphatic rings. The minimum absolute atomic E-state index is 0.178. The molecule has 6 nitrogen and oxygen atoms in total. The molecule has 1 aromatic heterocycles. The van der Waals surface area contributed by atoms with E-state index in [4.69, 9.17) is 27.9 Å². The highest BCUT2D eigenvalue weighted by Gasteiger charge is 2.43. The van der Waals surface area contributed by atoms with Gasteiger partial charge in [0.15, 0.2) is 0 Å². The molecule has 2 aromatic carbocycles. The first kappa shape index (κ1) is 22.3. The van der Waals surface area contributed by atoms with Gasteiger partial charge in [-0.15, -0.1) is 0 Å². The van der Waals surface area contributed by atoms with Crippen LogP contribution >= 0.6 is 23.2 Å². The van der Waals surface area contributed by atoms with Crippen molar-refractivity contribution in [3.8, 4) is 0 Å². The van der Waals surface area contributed by atoms with E-state index in [2.05, 4.69) is 15.6 Å². The summed E-state index contributed by atoms with van der Waals surface area (Å²) in [6, 6.07) is 15.5. The lowest BCUT2D eigenvalue weighted by atomic mass is 9.73. The second-order valence-corrected chi connectivity index (χ2v) is 8.39. The van der Waals surface area contributed by atoms with Crippen LogP contribution in [0.5, 0.6) is 0 Å². The summed E-state index contributed by atoms with van der Waals surface area (Å²) in [6.45, 7) is 0.906. The van der Waals surface area contributed by atoms with Crippen LogP contribution in [0.25, 0.3) is 0 Å². The molecular formula is C24H21Cl2N3O3. The maximum atomic E-state index is 13.5. The molecule has 0 atom stereocenters. The Kier molecular flexibility index (Phi) is 6.74. The molecule has 3 aromatic rings. The van der Waals surface area contributed by atoms with Crippen molar-refractivity contribution in [1.82, 2.24) is 4.98 Å². The van der Waals surface area contributed by atoms with Crippen LogP contribution in [0.3, 0.4) is 0 Å². The minimum atomic E-state index is -0.837. The first-order chi connectivity index (χ1) is 15.5. The molecule has 0 spiro atoms. The lowest BCUT2D eigenvalue weighted by Crippen LogP contribution is -2.45. The van der Waals surface area contributed by atoms with E-state index in [9.17, 15) is 9.59 Å². The molecule has 2 heterocycles. The third-order valence-electron chi connectivity index (χ3n) is 5.55. The number of hydrogen-bond acceptors (Lipinski definition) is 4. The third kappa shape index (κ3) is 4.78. The van der Waals surface area contributed by atoms with Crippen LogP contribution in [-0.4, -0.2) is 30.0 Å². The topological polar surface area (TPSA) is 80.3 Å². The number of amides is 2. The Hall–Kier alpha value is -2.93. The Balaban J connectivity index is 1.56. The lowest BCUT2D eigenvalue weighted by molar-refractivity contribution is -0.125. The van der Waals surface area contributed by atoms with Crippen LogP contribution in [0.4, 0.5) is 11.4 Å². The molecule has 2 amide bonds. The van der Waals surface area contributed by atoms with Gasteiger partial charge in [-0.1, -0.05) is 35.3 Å². The Morgan fingerprint density at radius 1 is 0.906 bits per heavy atom. The van der Waals surface area contributed by atoms with Crippen LogP contribution in [0.2, 0.25) is 10.0 Å². The summed E-state index contributed by atoms with van der Waals surface area (Å²) in [5.41, 5.74) is 1.52. The number of carbonyl (C=O) groups excluding carboxylic acids is 2. The van der Waals surface area contributed by atoms with Crippen molar-refractivity contribution in [3.05, 3.63) is 88.2 Å². The van der Waals surface area contributed by atoms with Crippen molar-refractivity contribution in [2.75, 3.05) is 23.8 Å². The van der Waals surface area contributed by atoms with Crippen LogP contribution < -0.4 is 10.6 Å². The number of pyridine rings is 1. The third-order valence-corrected chi connectivity index (χ3v) is 6.10. The van der Waals surface area contributed by atoms with Crippen LogP contribution in [-0.2, 0) is 14.9 Å². The molecular weight excluding hydrogens is 449 g/mol. The minimum Gasteiger partial charge on any atom is -0.381 e. The number of nitrogens with zero attached hydrogens (tertiary/aromatic N) is 1. The highest BCUT2D eigenvalue weighted by atomic mass is 35.5. The predicted octanol–water partition coefficient (Wildman–Crippen LogP) is 5.33. The van der Waals surface area contributed by atoms with Crippen LogP contribution in [0.1, 0.15) is 28.8 Å². The summed E-state index contributed by atoms with van der Waals surface area (Å²) >= 11 is 12.5. The quantitative estimate of drug-likeness (QED) is 0.529. The van der Waals surface area contributed by atoms with Gasteiger partial charge in [0.05, 0.1) is 5.41 Å². The predicted molar refractivity (Wildman–Crippen MR) is 125 cm³/mol. The van der Waals surface area contributed by atoms with Gasteiger partial charge in [0.1, 0.15) is 0 Å². The monoisotopic (exact) mass is 469 g/mol. The fourth-order valence-corrected chi connectivity index (χ4v) is 4.44. The number of anilines is 2. The number of hydrogen-bond donors (Lipinski definition) is 2. The van der Waals surface area contributed by atoms with E-state index in [1.165, 1.54) is 0 Å². The molecule has 0 unspecified atom stereocenters. The second-order valence-electron chi connectivity index (χ2n) is 7.54. The summed E-state index contributed by atoms with van der Waals surface area (Å²) < 4.78 is 5.51. The average molecular weight is 470 g/mol. The van der Waals surface area contributed by atoms with Crippen molar-refractivity contribution < 1.29 is 14.3 Å². The number of benzene rings is 2. The molecule has 0 radical (unpaired) electrons. The summed E-state index contributed by atoms with van der Waals surface area (Å²) in [7, 11) is 0. The molecule has 0 aliphatic carbocycles. The van der Waals surface area contributed by atoms with E-state index < -0.39 is 5.41 Å². The van der Waals surface area contributed by atoms with Gasteiger partial charge in [0, 0.05) is 52.6 Å². The highest BCUT2D eigenvalue weighted by Crippen LogP contribution is 2.40. The van der Waals surface area contributed by atoms with Gasteiger partial charge < -0.3 is 15.4 Å². The second kappa shape index (κ2) is 9.69. The molecule has 1 saturated heterocycles. The first-order valence-electron chi connectivity index (χ1n) is 10.1.